The maximum absolute atomic E-state index is 11.7. The summed E-state index contributed by atoms with van der Waals surface area (Å²) in [5.74, 6) is 0.185. The zero-order valence-corrected chi connectivity index (χ0v) is 9.86. The van der Waals surface area contributed by atoms with Gasteiger partial charge in [-0.2, -0.15) is 0 Å². The van der Waals surface area contributed by atoms with Crippen molar-refractivity contribution in [1.82, 2.24) is 9.88 Å². The minimum absolute atomic E-state index is 0.0508. The van der Waals surface area contributed by atoms with Crippen molar-refractivity contribution in [1.29, 1.82) is 0 Å². The maximum Gasteiger partial charge on any atom is 0.260 e. The molecule has 0 bridgehead atoms. The second-order valence-electron chi connectivity index (χ2n) is 4.17. The molecule has 1 N–H and O–H groups in total. The Morgan fingerprint density at radius 3 is 2.82 bits per heavy atom. The highest BCUT2D eigenvalue weighted by Gasteiger charge is 2.18. The molecule has 0 spiro atoms. The van der Waals surface area contributed by atoms with Crippen molar-refractivity contribution in [2.24, 2.45) is 0 Å². The van der Waals surface area contributed by atoms with E-state index in [2.05, 4.69) is 4.98 Å². The monoisotopic (exact) mass is 236 g/mol. The molecule has 0 radical (unpaired) electrons. The number of carbonyl (C=O) groups is 1. The number of H-pyrrole nitrogens is 1. The van der Waals surface area contributed by atoms with E-state index in [-0.39, 0.29) is 23.7 Å². The molecule has 0 unspecified atom stereocenters. The number of carbonyl (C=O) groups excluding carboxylic acids is 1. The van der Waals surface area contributed by atoms with Gasteiger partial charge in [0.1, 0.15) is 0 Å². The first-order valence-corrected chi connectivity index (χ1v) is 5.77. The number of nitrogens with one attached hydrogen (secondary N) is 1. The number of ether oxygens (including phenoxy) is 1. The van der Waals surface area contributed by atoms with Crippen molar-refractivity contribution < 1.29 is 9.53 Å². The number of hydrogen-bond donors (Lipinski definition) is 1. The molecule has 1 aliphatic heterocycles. The van der Waals surface area contributed by atoms with Crippen molar-refractivity contribution in [3.8, 4) is 5.75 Å². The minimum Gasteiger partial charge on any atom is -0.478 e. The SMILES string of the molecule is Cc1[nH]ccc(=O)c1OCC(=O)N1CCCC1. The van der Waals surface area contributed by atoms with Gasteiger partial charge in [0.15, 0.2) is 12.4 Å². The number of pyridine rings is 1. The van der Waals surface area contributed by atoms with Crippen LogP contribution < -0.4 is 10.2 Å². The molecular weight excluding hydrogens is 220 g/mol. The Kier molecular flexibility index (Phi) is 3.46. The molecule has 0 aromatic carbocycles. The fraction of sp³-hybridized carbons (Fsp3) is 0.500. The van der Waals surface area contributed by atoms with Gasteiger partial charge >= 0.3 is 0 Å². The van der Waals surface area contributed by atoms with Crippen molar-refractivity contribution in [3.63, 3.8) is 0 Å². The van der Waals surface area contributed by atoms with Crippen LogP contribution in [0.15, 0.2) is 17.1 Å². The highest BCUT2D eigenvalue weighted by molar-refractivity contribution is 5.78. The quantitative estimate of drug-likeness (QED) is 0.839. The molecule has 2 rings (SSSR count). The Morgan fingerprint density at radius 1 is 1.47 bits per heavy atom. The van der Waals surface area contributed by atoms with Crippen LogP contribution in [-0.4, -0.2) is 35.5 Å². The third-order valence-corrected chi connectivity index (χ3v) is 2.90. The molecule has 0 saturated carbocycles. The van der Waals surface area contributed by atoms with Crippen LogP contribution in [0.4, 0.5) is 0 Å². The van der Waals surface area contributed by atoms with Gasteiger partial charge in [-0.1, -0.05) is 0 Å². The first kappa shape index (κ1) is 11.7. The van der Waals surface area contributed by atoms with Crippen molar-refractivity contribution >= 4 is 5.91 Å². The number of hydrogen-bond acceptors (Lipinski definition) is 3. The molecule has 1 aromatic rings. The highest BCUT2D eigenvalue weighted by atomic mass is 16.5. The lowest BCUT2D eigenvalue weighted by Gasteiger charge is -2.15. The predicted octanol–water partition coefficient (Wildman–Crippen LogP) is 0.685. The molecule has 1 saturated heterocycles. The molecule has 1 amide bonds. The van der Waals surface area contributed by atoms with Gasteiger partial charge in [-0.3, -0.25) is 9.59 Å². The summed E-state index contributed by atoms with van der Waals surface area (Å²) in [6.45, 7) is 3.28. The van der Waals surface area contributed by atoms with Crippen LogP contribution in [0.3, 0.4) is 0 Å². The zero-order valence-electron chi connectivity index (χ0n) is 9.86. The van der Waals surface area contributed by atoms with Crippen LogP contribution in [-0.2, 0) is 4.79 Å². The average molecular weight is 236 g/mol. The topological polar surface area (TPSA) is 62.4 Å². The van der Waals surface area contributed by atoms with E-state index in [1.807, 2.05) is 0 Å². The molecular formula is C12H16N2O3. The van der Waals surface area contributed by atoms with E-state index in [1.54, 1.807) is 18.0 Å². The lowest BCUT2D eigenvalue weighted by molar-refractivity contribution is -0.132. The fourth-order valence-electron chi connectivity index (χ4n) is 1.94. The van der Waals surface area contributed by atoms with Crippen molar-refractivity contribution in [2.75, 3.05) is 19.7 Å². The summed E-state index contributed by atoms with van der Waals surface area (Å²) >= 11 is 0. The van der Waals surface area contributed by atoms with Gasteiger partial charge < -0.3 is 14.6 Å². The Morgan fingerprint density at radius 2 is 2.18 bits per heavy atom. The normalized spacial score (nSPS) is 15.0. The molecule has 1 fully saturated rings. The lowest BCUT2D eigenvalue weighted by atomic mass is 10.3. The summed E-state index contributed by atoms with van der Waals surface area (Å²) in [7, 11) is 0. The van der Waals surface area contributed by atoms with Gasteiger partial charge in [-0.05, 0) is 19.8 Å². The Balaban J connectivity index is 1.97. The largest absolute Gasteiger partial charge is 0.478 e. The fourth-order valence-corrected chi connectivity index (χ4v) is 1.94. The Labute approximate surface area is 99.4 Å². The summed E-state index contributed by atoms with van der Waals surface area (Å²) in [6.07, 6.45) is 3.67. The van der Waals surface area contributed by atoms with Crippen LogP contribution in [0.2, 0.25) is 0 Å². The van der Waals surface area contributed by atoms with Crippen LogP contribution in [0.5, 0.6) is 5.75 Å². The zero-order chi connectivity index (χ0) is 12.3. The first-order chi connectivity index (χ1) is 8.18. The van der Waals surface area contributed by atoms with Crippen LogP contribution >= 0.6 is 0 Å². The minimum atomic E-state index is -0.199. The van der Waals surface area contributed by atoms with E-state index in [4.69, 9.17) is 4.74 Å². The molecule has 92 valence electrons. The molecule has 1 aliphatic rings. The first-order valence-electron chi connectivity index (χ1n) is 5.77. The summed E-state index contributed by atoms with van der Waals surface area (Å²) < 4.78 is 5.31. The summed E-state index contributed by atoms with van der Waals surface area (Å²) in [5, 5.41) is 0. The number of likely N-dealkylation sites (tertiary alicyclic amines) is 1. The number of nitrogens with zero attached hydrogens (tertiary/aromatic N) is 1. The predicted molar refractivity (Wildman–Crippen MR) is 63.1 cm³/mol. The maximum atomic E-state index is 11.7. The second kappa shape index (κ2) is 5.03. The van der Waals surface area contributed by atoms with Gasteiger partial charge in [0.25, 0.3) is 5.91 Å². The van der Waals surface area contributed by atoms with Crippen molar-refractivity contribution in [3.05, 3.63) is 28.2 Å². The summed E-state index contributed by atoms with van der Waals surface area (Å²) in [6, 6.07) is 1.39. The van der Waals surface area contributed by atoms with E-state index in [1.165, 1.54) is 6.07 Å². The van der Waals surface area contributed by atoms with Gasteiger partial charge in [0.05, 0.1) is 5.69 Å². The van der Waals surface area contributed by atoms with Gasteiger partial charge in [-0.15, -0.1) is 0 Å². The third kappa shape index (κ3) is 2.67. The average Bonchev–Trinajstić information content (AvgIpc) is 2.81. The van der Waals surface area contributed by atoms with E-state index in [0.717, 1.165) is 25.9 Å². The van der Waals surface area contributed by atoms with Crippen LogP contribution in [0.1, 0.15) is 18.5 Å². The second-order valence-corrected chi connectivity index (χ2v) is 4.17. The number of amides is 1. The lowest BCUT2D eigenvalue weighted by Crippen LogP contribution is -2.32. The number of aryl methyl sites for hydroxylation is 1. The molecule has 17 heavy (non-hydrogen) atoms. The van der Waals surface area contributed by atoms with Crippen molar-refractivity contribution in [2.45, 2.75) is 19.8 Å². The molecule has 5 heteroatoms. The summed E-state index contributed by atoms with van der Waals surface area (Å²) in [4.78, 5) is 27.9. The highest BCUT2D eigenvalue weighted by Crippen LogP contribution is 2.10. The Bertz CT molecular complexity index is 461. The van der Waals surface area contributed by atoms with Gasteiger partial charge in [0, 0.05) is 25.4 Å². The third-order valence-electron chi connectivity index (χ3n) is 2.90. The van der Waals surface area contributed by atoms with Gasteiger partial charge in [-0.25, -0.2) is 0 Å². The molecule has 2 heterocycles. The van der Waals surface area contributed by atoms with Crippen LogP contribution in [0, 0.1) is 6.92 Å². The molecule has 0 atom stereocenters. The smallest absolute Gasteiger partial charge is 0.260 e. The van der Waals surface area contributed by atoms with E-state index in [9.17, 15) is 9.59 Å². The van der Waals surface area contributed by atoms with Crippen LogP contribution in [0.25, 0.3) is 0 Å². The van der Waals surface area contributed by atoms with Gasteiger partial charge in [0.2, 0.25) is 5.43 Å². The summed E-state index contributed by atoms with van der Waals surface area (Å²) in [5.41, 5.74) is 0.446. The number of aromatic amines is 1. The Hall–Kier alpha value is -1.78. The van der Waals surface area contributed by atoms with E-state index in [0.29, 0.717) is 5.69 Å². The number of rotatable bonds is 3. The number of aromatic nitrogens is 1. The molecule has 1 aromatic heterocycles. The van der Waals surface area contributed by atoms with E-state index < -0.39 is 0 Å². The standard InChI is InChI=1S/C12H16N2O3/c1-9-12(10(15)4-5-13-9)17-8-11(16)14-6-2-3-7-14/h4-5H,2-3,6-8H2,1H3,(H,13,15). The molecule has 0 aliphatic carbocycles. The molecule has 5 nitrogen and oxygen atoms in total. The van der Waals surface area contributed by atoms with E-state index >= 15 is 0 Å².